The highest BCUT2D eigenvalue weighted by Crippen LogP contribution is 2.17. The van der Waals surface area contributed by atoms with Gasteiger partial charge in [-0.25, -0.2) is 0 Å². The second-order valence-corrected chi connectivity index (χ2v) is 5.73. The van der Waals surface area contributed by atoms with Crippen LogP contribution in [0.1, 0.15) is 41.0 Å². The average Bonchev–Trinajstić information content (AvgIpc) is 2.55. The number of anilines is 1. The highest BCUT2D eigenvalue weighted by atomic mass is 35.5. The third-order valence-electron chi connectivity index (χ3n) is 3.52. The molecule has 0 aromatic heterocycles. The van der Waals surface area contributed by atoms with E-state index in [-0.39, 0.29) is 17.9 Å². The number of para-hydroxylation sites is 1. The minimum absolute atomic E-state index is 0.0718. The van der Waals surface area contributed by atoms with Gasteiger partial charge in [0.1, 0.15) is 0 Å². The molecule has 4 nitrogen and oxygen atoms in total. The Hall–Kier alpha value is -2.33. The maximum atomic E-state index is 12.3. The van der Waals surface area contributed by atoms with Crippen molar-refractivity contribution in [1.82, 2.24) is 5.32 Å². The van der Waals surface area contributed by atoms with E-state index in [0.29, 0.717) is 21.8 Å². The molecule has 0 fully saturated rings. The Labute approximate surface area is 140 Å². The van der Waals surface area contributed by atoms with Crippen molar-refractivity contribution in [2.75, 3.05) is 5.32 Å². The number of nitrogens with one attached hydrogen (secondary N) is 2. The van der Waals surface area contributed by atoms with Crippen molar-refractivity contribution in [3.63, 3.8) is 0 Å². The van der Waals surface area contributed by atoms with Crippen LogP contribution in [0.4, 0.5) is 5.69 Å². The van der Waals surface area contributed by atoms with Gasteiger partial charge in [-0.3, -0.25) is 9.59 Å². The third kappa shape index (κ3) is 4.57. The highest BCUT2D eigenvalue weighted by Gasteiger charge is 2.15. The first-order chi connectivity index (χ1) is 11.0. The van der Waals surface area contributed by atoms with Crippen LogP contribution in [-0.2, 0) is 0 Å². The van der Waals surface area contributed by atoms with Crippen LogP contribution in [0.3, 0.4) is 0 Å². The van der Waals surface area contributed by atoms with Crippen molar-refractivity contribution in [1.29, 1.82) is 0 Å². The Balaban J connectivity index is 2.18. The fourth-order valence-electron chi connectivity index (χ4n) is 1.99. The first kappa shape index (κ1) is 17.0. The minimum atomic E-state index is -0.287. The van der Waals surface area contributed by atoms with Crippen LogP contribution in [0.25, 0.3) is 0 Å². The lowest BCUT2D eigenvalue weighted by Gasteiger charge is -2.14. The number of rotatable bonds is 5. The molecule has 0 heterocycles. The molecule has 2 rings (SSSR count). The zero-order chi connectivity index (χ0) is 16.8. The lowest BCUT2D eigenvalue weighted by Crippen LogP contribution is -2.32. The molecule has 0 saturated heterocycles. The predicted molar refractivity (Wildman–Crippen MR) is 93.1 cm³/mol. The Morgan fingerprint density at radius 1 is 1.04 bits per heavy atom. The summed E-state index contributed by atoms with van der Waals surface area (Å²) < 4.78 is 0. The largest absolute Gasteiger partial charge is 0.350 e. The van der Waals surface area contributed by atoms with Gasteiger partial charge in [-0.2, -0.15) is 0 Å². The lowest BCUT2D eigenvalue weighted by molar-refractivity contribution is 0.0940. The third-order valence-corrected chi connectivity index (χ3v) is 3.77. The molecular weight excluding hydrogens is 312 g/mol. The molecule has 5 heteroatoms. The van der Waals surface area contributed by atoms with Crippen LogP contribution < -0.4 is 10.6 Å². The summed E-state index contributed by atoms with van der Waals surface area (Å²) in [6.07, 6.45) is 0.838. The van der Waals surface area contributed by atoms with E-state index in [2.05, 4.69) is 10.6 Å². The molecule has 0 bridgehead atoms. The molecule has 0 saturated carbocycles. The van der Waals surface area contributed by atoms with Gasteiger partial charge in [0.05, 0.1) is 11.3 Å². The summed E-state index contributed by atoms with van der Waals surface area (Å²) in [5.74, 6) is -0.489. The van der Waals surface area contributed by atoms with E-state index in [1.54, 1.807) is 48.5 Å². The van der Waals surface area contributed by atoms with Crippen LogP contribution in [-0.4, -0.2) is 17.9 Å². The molecule has 1 atom stereocenters. The van der Waals surface area contributed by atoms with E-state index in [9.17, 15) is 9.59 Å². The van der Waals surface area contributed by atoms with E-state index in [1.807, 2.05) is 13.8 Å². The van der Waals surface area contributed by atoms with Gasteiger partial charge in [-0.05, 0) is 49.7 Å². The molecule has 2 aromatic carbocycles. The Morgan fingerprint density at radius 3 is 2.35 bits per heavy atom. The van der Waals surface area contributed by atoms with Gasteiger partial charge in [0.15, 0.2) is 0 Å². The second kappa shape index (κ2) is 7.79. The number of benzene rings is 2. The summed E-state index contributed by atoms with van der Waals surface area (Å²) in [6.45, 7) is 3.94. The van der Waals surface area contributed by atoms with Crippen molar-refractivity contribution in [3.05, 3.63) is 64.7 Å². The summed E-state index contributed by atoms with van der Waals surface area (Å²) in [6, 6.07) is 13.6. The molecule has 23 heavy (non-hydrogen) atoms. The van der Waals surface area contributed by atoms with Crippen LogP contribution >= 0.6 is 11.6 Å². The van der Waals surface area contributed by atoms with Crippen molar-refractivity contribution in [3.8, 4) is 0 Å². The zero-order valence-corrected chi connectivity index (χ0v) is 13.9. The molecule has 1 unspecified atom stereocenters. The van der Waals surface area contributed by atoms with Crippen molar-refractivity contribution >= 4 is 29.1 Å². The standard InChI is InChI=1S/C18H19ClN2O2/c1-3-12(2)20-18(23)15-6-4-5-7-16(15)21-17(22)13-8-10-14(19)11-9-13/h4-12H,3H2,1-2H3,(H,20,23)(H,21,22). The number of halogens is 1. The zero-order valence-electron chi connectivity index (χ0n) is 13.1. The van der Waals surface area contributed by atoms with E-state index in [4.69, 9.17) is 11.6 Å². The van der Waals surface area contributed by atoms with Gasteiger partial charge < -0.3 is 10.6 Å². The molecule has 2 aromatic rings. The van der Waals surface area contributed by atoms with E-state index in [1.165, 1.54) is 0 Å². The summed E-state index contributed by atoms with van der Waals surface area (Å²) in [5, 5.41) is 6.24. The maximum Gasteiger partial charge on any atom is 0.255 e. The van der Waals surface area contributed by atoms with Crippen LogP contribution in [0.2, 0.25) is 5.02 Å². The molecule has 2 N–H and O–H groups in total. The fourth-order valence-corrected chi connectivity index (χ4v) is 2.12. The summed E-state index contributed by atoms with van der Waals surface area (Å²) in [4.78, 5) is 24.6. The predicted octanol–water partition coefficient (Wildman–Crippen LogP) is 4.12. The van der Waals surface area contributed by atoms with Crippen molar-refractivity contribution < 1.29 is 9.59 Å². The number of carbonyl (C=O) groups is 2. The summed E-state index contributed by atoms with van der Waals surface area (Å²) >= 11 is 5.82. The summed E-state index contributed by atoms with van der Waals surface area (Å²) in [7, 11) is 0. The molecule has 2 amide bonds. The minimum Gasteiger partial charge on any atom is -0.350 e. The van der Waals surface area contributed by atoms with Gasteiger partial charge in [0.2, 0.25) is 0 Å². The first-order valence-electron chi connectivity index (χ1n) is 7.48. The van der Waals surface area contributed by atoms with Crippen LogP contribution in [0.15, 0.2) is 48.5 Å². The van der Waals surface area contributed by atoms with E-state index >= 15 is 0 Å². The lowest BCUT2D eigenvalue weighted by atomic mass is 10.1. The SMILES string of the molecule is CCC(C)NC(=O)c1ccccc1NC(=O)c1ccc(Cl)cc1. The molecule has 0 aliphatic heterocycles. The van der Waals surface area contributed by atoms with Gasteiger partial charge in [0, 0.05) is 16.6 Å². The van der Waals surface area contributed by atoms with E-state index < -0.39 is 0 Å². The number of hydrogen-bond donors (Lipinski definition) is 2. The summed E-state index contributed by atoms with van der Waals surface area (Å²) in [5.41, 5.74) is 1.40. The van der Waals surface area contributed by atoms with Crippen LogP contribution in [0, 0.1) is 0 Å². The highest BCUT2D eigenvalue weighted by molar-refractivity contribution is 6.30. The molecule has 120 valence electrons. The van der Waals surface area contributed by atoms with Gasteiger partial charge in [-0.15, -0.1) is 0 Å². The topological polar surface area (TPSA) is 58.2 Å². The number of carbonyl (C=O) groups excluding carboxylic acids is 2. The molecule has 0 aliphatic carbocycles. The molecule has 0 radical (unpaired) electrons. The Bertz CT molecular complexity index is 698. The average molecular weight is 331 g/mol. The maximum absolute atomic E-state index is 12.3. The monoisotopic (exact) mass is 330 g/mol. The normalized spacial score (nSPS) is 11.6. The van der Waals surface area contributed by atoms with Crippen LogP contribution in [0.5, 0.6) is 0 Å². The Morgan fingerprint density at radius 2 is 1.70 bits per heavy atom. The number of hydrogen-bond acceptors (Lipinski definition) is 2. The van der Waals surface area contributed by atoms with Gasteiger partial charge in [-0.1, -0.05) is 30.7 Å². The smallest absolute Gasteiger partial charge is 0.255 e. The molecule has 0 aliphatic rings. The van der Waals surface area contributed by atoms with Crippen molar-refractivity contribution in [2.45, 2.75) is 26.3 Å². The van der Waals surface area contributed by atoms with Gasteiger partial charge in [0.25, 0.3) is 11.8 Å². The molecule has 0 spiro atoms. The molecular formula is C18H19ClN2O2. The fraction of sp³-hybridized carbons (Fsp3) is 0.222. The van der Waals surface area contributed by atoms with E-state index in [0.717, 1.165) is 6.42 Å². The quantitative estimate of drug-likeness (QED) is 0.866. The Kier molecular flexibility index (Phi) is 5.77. The number of amides is 2. The van der Waals surface area contributed by atoms with Gasteiger partial charge >= 0.3 is 0 Å². The van der Waals surface area contributed by atoms with Crippen molar-refractivity contribution in [2.24, 2.45) is 0 Å². The second-order valence-electron chi connectivity index (χ2n) is 5.29. The first-order valence-corrected chi connectivity index (χ1v) is 7.86.